The lowest BCUT2D eigenvalue weighted by Crippen LogP contribution is -2.37. The molecule has 1 aromatic carbocycles. The van der Waals surface area contributed by atoms with Crippen LogP contribution in [0.25, 0.3) is 0 Å². The van der Waals surface area contributed by atoms with Crippen LogP contribution < -0.4 is 19.5 Å². The lowest BCUT2D eigenvalue weighted by atomic mass is 10.1. The van der Waals surface area contributed by atoms with Crippen molar-refractivity contribution in [1.29, 1.82) is 0 Å². The number of aromatic nitrogens is 2. The van der Waals surface area contributed by atoms with Crippen LogP contribution in [0.1, 0.15) is 17.7 Å². The zero-order chi connectivity index (χ0) is 18.9. The lowest BCUT2D eigenvalue weighted by Gasteiger charge is -2.16. The van der Waals surface area contributed by atoms with E-state index in [1.54, 1.807) is 19.4 Å². The Morgan fingerprint density at radius 1 is 1.23 bits per heavy atom. The molecule has 1 aromatic heterocycles. The standard InChI is InChI=1S/C18H22N3O5/c1-24-15-6-4-12(17(25-2)18(15)26-3)5-7-16(23)21-14(10-22)8-13-9-19-11-20-13/h4,6,9,11,14H,5,7-8H2,1-3H3,(H,19,20)(H,21,23)/t14-/m0/s1. The molecular formula is C18H22N3O5. The van der Waals surface area contributed by atoms with E-state index in [9.17, 15) is 9.59 Å². The van der Waals surface area contributed by atoms with Gasteiger partial charge >= 0.3 is 0 Å². The highest BCUT2D eigenvalue weighted by Gasteiger charge is 2.18. The van der Waals surface area contributed by atoms with Gasteiger partial charge in [0.2, 0.25) is 17.9 Å². The molecule has 26 heavy (non-hydrogen) atoms. The number of H-pyrrole nitrogens is 1. The number of aromatic amines is 1. The summed E-state index contributed by atoms with van der Waals surface area (Å²) in [6, 6.07) is 2.84. The summed E-state index contributed by atoms with van der Waals surface area (Å²) in [5.41, 5.74) is 1.49. The molecule has 0 saturated heterocycles. The molecule has 0 fully saturated rings. The fourth-order valence-corrected chi connectivity index (χ4v) is 2.61. The fourth-order valence-electron chi connectivity index (χ4n) is 2.61. The molecule has 0 aliphatic rings. The van der Waals surface area contributed by atoms with Gasteiger partial charge in [-0.3, -0.25) is 9.59 Å². The van der Waals surface area contributed by atoms with Gasteiger partial charge in [-0.25, -0.2) is 4.98 Å². The molecule has 1 radical (unpaired) electrons. The van der Waals surface area contributed by atoms with Gasteiger partial charge in [0, 0.05) is 19.0 Å². The van der Waals surface area contributed by atoms with E-state index in [2.05, 4.69) is 15.3 Å². The van der Waals surface area contributed by atoms with E-state index in [-0.39, 0.29) is 12.3 Å². The first kappa shape index (κ1) is 19.3. The van der Waals surface area contributed by atoms with Crippen molar-refractivity contribution in [1.82, 2.24) is 15.3 Å². The summed E-state index contributed by atoms with van der Waals surface area (Å²) in [4.78, 5) is 30.1. The number of hydrogen-bond donors (Lipinski definition) is 2. The molecule has 2 aromatic rings. The Bertz CT molecular complexity index is 731. The predicted octanol–water partition coefficient (Wildman–Crippen LogP) is 1.21. The van der Waals surface area contributed by atoms with Gasteiger partial charge < -0.3 is 24.5 Å². The van der Waals surface area contributed by atoms with E-state index in [0.717, 1.165) is 5.56 Å². The number of carbonyl (C=O) groups excluding carboxylic acids is 2. The Morgan fingerprint density at radius 3 is 2.58 bits per heavy atom. The average molecular weight is 360 g/mol. The first-order valence-corrected chi connectivity index (χ1v) is 8.05. The summed E-state index contributed by atoms with van der Waals surface area (Å²) in [5.74, 6) is 1.29. The van der Waals surface area contributed by atoms with Gasteiger partial charge in [0.05, 0.1) is 33.4 Å². The van der Waals surface area contributed by atoms with Crippen LogP contribution in [0.4, 0.5) is 0 Å². The smallest absolute Gasteiger partial charge is 0.223 e. The number of aryl methyl sites for hydroxylation is 1. The third kappa shape index (κ3) is 4.75. The molecule has 0 aliphatic heterocycles. The number of benzene rings is 1. The molecule has 0 aliphatic carbocycles. The molecule has 0 unspecified atom stereocenters. The van der Waals surface area contributed by atoms with E-state index in [4.69, 9.17) is 14.2 Å². The van der Waals surface area contributed by atoms with E-state index in [1.165, 1.54) is 20.5 Å². The molecule has 8 heteroatoms. The van der Waals surface area contributed by atoms with Crippen molar-refractivity contribution in [2.24, 2.45) is 0 Å². The molecule has 2 rings (SSSR count). The monoisotopic (exact) mass is 360 g/mol. The number of nitrogens with zero attached hydrogens (tertiary/aromatic N) is 1. The van der Waals surface area contributed by atoms with Crippen LogP contribution in [-0.4, -0.2) is 49.5 Å². The van der Waals surface area contributed by atoms with Crippen LogP contribution in [0.2, 0.25) is 0 Å². The Labute approximate surface area is 151 Å². The first-order valence-electron chi connectivity index (χ1n) is 8.05. The number of rotatable bonds is 10. The van der Waals surface area contributed by atoms with Crippen LogP contribution in [0, 0.1) is 0 Å². The molecule has 0 bridgehead atoms. The lowest BCUT2D eigenvalue weighted by molar-refractivity contribution is -0.121. The van der Waals surface area contributed by atoms with E-state index in [1.807, 2.05) is 12.4 Å². The Hall–Kier alpha value is -3.03. The molecule has 2 N–H and O–H groups in total. The first-order chi connectivity index (χ1) is 12.6. The van der Waals surface area contributed by atoms with Gasteiger partial charge in [-0.1, -0.05) is 6.07 Å². The number of nitrogens with one attached hydrogen (secondary N) is 2. The quantitative estimate of drug-likeness (QED) is 0.660. The van der Waals surface area contributed by atoms with Crippen molar-refractivity contribution in [2.75, 3.05) is 21.3 Å². The van der Waals surface area contributed by atoms with Crippen molar-refractivity contribution >= 4 is 12.2 Å². The summed E-state index contributed by atoms with van der Waals surface area (Å²) in [6.07, 6.45) is 5.91. The number of amides is 1. The second-order valence-electron chi connectivity index (χ2n) is 5.50. The number of ether oxygens (including phenoxy) is 3. The van der Waals surface area contributed by atoms with Crippen molar-refractivity contribution in [3.63, 3.8) is 0 Å². The maximum Gasteiger partial charge on any atom is 0.223 e. The number of methoxy groups -OCH3 is 3. The second-order valence-corrected chi connectivity index (χ2v) is 5.50. The van der Waals surface area contributed by atoms with Gasteiger partial charge in [-0.15, -0.1) is 0 Å². The van der Waals surface area contributed by atoms with Crippen LogP contribution in [0.5, 0.6) is 17.2 Å². The van der Waals surface area contributed by atoms with E-state index in [0.29, 0.717) is 35.8 Å². The molecule has 1 amide bonds. The van der Waals surface area contributed by atoms with Crippen molar-refractivity contribution < 1.29 is 23.8 Å². The normalized spacial score (nSPS) is 11.5. The Balaban J connectivity index is 1.99. The van der Waals surface area contributed by atoms with Gasteiger partial charge in [0.1, 0.15) is 6.04 Å². The highest BCUT2D eigenvalue weighted by Crippen LogP contribution is 2.40. The van der Waals surface area contributed by atoms with Crippen LogP contribution in [0.3, 0.4) is 0 Å². The second kappa shape index (κ2) is 9.45. The summed E-state index contributed by atoms with van der Waals surface area (Å²) in [6.45, 7) is 0. The molecule has 1 atom stereocenters. The highest BCUT2D eigenvalue weighted by molar-refractivity contribution is 5.80. The minimum Gasteiger partial charge on any atom is -0.493 e. The molecule has 139 valence electrons. The predicted molar refractivity (Wildman–Crippen MR) is 94.3 cm³/mol. The minimum atomic E-state index is -0.738. The molecule has 8 nitrogen and oxygen atoms in total. The SMILES string of the molecule is COc1ccc(CCC(=O)N[C@H]([C]=O)Cc2c[nH]cn2)c(OC)c1OC. The summed E-state index contributed by atoms with van der Waals surface area (Å²) < 4.78 is 16.0. The van der Waals surface area contributed by atoms with Crippen molar-refractivity contribution in [3.8, 4) is 17.2 Å². The van der Waals surface area contributed by atoms with Crippen LogP contribution >= 0.6 is 0 Å². The van der Waals surface area contributed by atoms with Crippen LogP contribution in [-0.2, 0) is 22.4 Å². The number of imidazole rings is 1. The summed E-state index contributed by atoms with van der Waals surface area (Å²) >= 11 is 0. The maximum atomic E-state index is 12.2. The van der Waals surface area contributed by atoms with Crippen LogP contribution in [0.15, 0.2) is 24.7 Å². The average Bonchev–Trinajstić information content (AvgIpc) is 3.17. The van der Waals surface area contributed by atoms with Gasteiger partial charge in [0.15, 0.2) is 11.5 Å². The topological polar surface area (TPSA) is 103 Å². The summed E-state index contributed by atoms with van der Waals surface area (Å²) in [5, 5.41) is 2.65. The highest BCUT2D eigenvalue weighted by atomic mass is 16.5. The molecule has 0 saturated carbocycles. The zero-order valence-electron chi connectivity index (χ0n) is 15.0. The van der Waals surface area contributed by atoms with Crippen molar-refractivity contribution in [2.45, 2.75) is 25.3 Å². The maximum absolute atomic E-state index is 12.2. The summed E-state index contributed by atoms with van der Waals surface area (Å²) in [7, 11) is 4.60. The number of hydrogen-bond acceptors (Lipinski definition) is 6. The fraction of sp³-hybridized carbons (Fsp3) is 0.389. The van der Waals surface area contributed by atoms with Gasteiger partial charge in [0.25, 0.3) is 0 Å². The zero-order valence-corrected chi connectivity index (χ0v) is 15.0. The number of carbonyl (C=O) groups is 1. The third-order valence-corrected chi connectivity index (χ3v) is 3.85. The largest absolute Gasteiger partial charge is 0.493 e. The Morgan fingerprint density at radius 2 is 2.00 bits per heavy atom. The Kier molecular flexibility index (Phi) is 7.02. The minimum absolute atomic E-state index is 0.185. The van der Waals surface area contributed by atoms with Gasteiger partial charge in [-0.05, 0) is 18.1 Å². The molecule has 0 spiro atoms. The third-order valence-electron chi connectivity index (χ3n) is 3.85. The molecule has 1 heterocycles. The molecular weight excluding hydrogens is 338 g/mol. The van der Waals surface area contributed by atoms with Crippen molar-refractivity contribution in [3.05, 3.63) is 35.9 Å². The van der Waals surface area contributed by atoms with E-state index < -0.39 is 6.04 Å². The van der Waals surface area contributed by atoms with Gasteiger partial charge in [-0.2, -0.15) is 0 Å². The van der Waals surface area contributed by atoms with E-state index >= 15 is 0 Å².